The van der Waals surface area contributed by atoms with Crippen LogP contribution in [-0.2, 0) is 9.59 Å². The average molecular weight is 267 g/mol. The molecule has 4 nitrogen and oxygen atoms in total. The standard InChI is InChI=1S/C15H25NO3/c17-14(18)10-13(11-8-9-11)16-15(19)12-6-4-2-1-3-5-7-12/h11-13H,1-10H2,(H,16,19)(H,17,18). The smallest absolute Gasteiger partial charge is 0.305 e. The molecule has 0 aromatic carbocycles. The molecule has 0 aromatic heterocycles. The molecule has 0 heterocycles. The van der Waals surface area contributed by atoms with Crippen LogP contribution in [-0.4, -0.2) is 23.0 Å². The summed E-state index contributed by atoms with van der Waals surface area (Å²) >= 11 is 0. The van der Waals surface area contributed by atoms with Crippen molar-refractivity contribution >= 4 is 11.9 Å². The number of carbonyl (C=O) groups excluding carboxylic acids is 1. The van der Waals surface area contributed by atoms with Crippen LogP contribution in [0.2, 0.25) is 0 Å². The Bertz CT molecular complexity index is 317. The lowest BCUT2D eigenvalue weighted by Crippen LogP contribution is -2.41. The van der Waals surface area contributed by atoms with E-state index in [1.807, 2.05) is 0 Å². The van der Waals surface area contributed by atoms with E-state index >= 15 is 0 Å². The maximum atomic E-state index is 12.3. The molecule has 2 N–H and O–H groups in total. The summed E-state index contributed by atoms with van der Waals surface area (Å²) < 4.78 is 0. The molecule has 2 fully saturated rings. The number of amides is 1. The zero-order valence-electron chi connectivity index (χ0n) is 11.6. The van der Waals surface area contributed by atoms with E-state index < -0.39 is 5.97 Å². The van der Waals surface area contributed by atoms with E-state index in [1.165, 1.54) is 19.3 Å². The van der Waals surface area contributed by atoms with Gasteiger partial charge in [-0.15, -0.1) is 0 Å². The predicted molar refractivity (Wildman–Crippen MR) is 72.7 cm³/mol. The van der Waals surface area contributed by atoms with E-state index in [4.69, 9.17) is 5.11 Å². The van der Waals surface area contributed by atoms with Crippen molar-refractivity contribution in [3.05, 3.63) is 0 Å². The Kier molecular flexibility index (Phi) is 5.23. The highest BCUT2D eigenvalue weighted by atomic mass is 16.4. The SMILES string of the molecule is O=C(O)CC(NC(=O)C1CCCCCCC1)C1CC1. The molecule has 1 amide bonds. The number of nitrogens with one attached hydrogen (secondary N) is 1. The Hall–Kier alpha value is -1.06. The van der Waals surface area contributed by atoms with Crippen molar-refractivity contribution in [3.63, 3.8) is 0 Å². The molecular weight excluding hydrogens is 242 g/mol. The van der Waals surface area contributed by atoms with E-state index in [1.54, 1.807) is 0 Å². The van der Waals surface area contributed by atoms with Gasteiger partial charge in [0.1, 0.15) is 0 Å². The molecule has 0 radical (unpaired) electrons. The van der Waals surface area contributed by atoms with Crippen molar-refractivity contribution in [1.82, 2.24) is 5.32 Å². The number of carbonyl (C=O) groups is 2. The summed E-state index contributed by atoms with van der Waals surface area (Å²) in [5.41, 5.74) is 0. The molecule has 1 atom stereocenters. The molecule has 1 unspecified atom stereocenters. The van der Waals surface area contributed by atoms with Crippen LogP contribution in [0.1, 0.15) is 64.2 Å². The first kappa shape index (κ1) is 14.4. The molecule has 0 bridgehead atoms. The van der Waals surface area contributed by atoms with Crippen LogP contribution in [0.15, 0.2) is 0 Å². The minimum atomic E-state index is -0.810. The highest BCUT2D eigenvalue weighted by Crippen LogP contribution is 2.34. The summed E-state index contributed by atoms with van der Waals surface area (Å²) in [6, 6.07) is -0.143. The highest BCUT2D eigenvalue weighted by Gasteiger charge is 2.34. The normalized spacial score (nSPS) is 23.2. The Balaban J connectivity index is 1.84. The zero-order chi connectivity index (χ0) is 13.7. The Labute approximate surface area is 115 Å². The largest absolute Gasteiger partial charge is 0.481 e. The van der Waals surface area contributed by atoms with E-state index in [0.717, 1.165) is 38.5 Å². The lowest BCUT2D eigenvalue weighted by atomic mass is 9.90. The summed E-state index contributed by atoms with van der Waals surface area (Å²) in [6.45, 7) is 0. The van der Waals surface area contributed by atoms with Crippen molar-refractivity contribution in [3.8, 4) is 0 Å². The third-order valence-corrected chi connectivity index (χ3v) is 4.39. The molecule has 2 saturated carbocycles. The van der Waals surface area contributed by atoms with Gasteiger partial charge in [-0.2, -0.15) is 0 Å². The molecule has 0 aliphatic heterocycles. The van der Waals surface area contributed by atoms with Crippen molar-refractivity contribution < 1.29 is 14.7 Å². The number of carboxylic acid groups (broad SMARTS) is 1. The minimum absolute atomic E-state index is 0.0725. The maximum Gasteiger partial charge on any atom is 0.305 e. The molecule has 4 heteroatoms. The molecule has 0 aromatic rings. The first-order valence-electron chi connectivity index (χ1n) is 7.69. The van der Waals surface area contributed by atoms with Crippen LogP contribution in [0.25, 0.3) is 0 Å². The van der Waals surface area contributed by atoms with Gasteiger partial charge in [0.15, 0.2) is 0 Å². The lowest BCUT2D eigenvalue weighted by Gasteiger charge is -2.23. The van der Waals surface area contributed by atoms with Crippen molar-refractivity contribution in [2.75, 3.05) is 0 Å². The van der Waals surface area contributed by atoms with Crippen molar-refractivity contribution in [2.45, 2.75) is 70.3 Å². The molecule has 2 aliphatic rings. The number of carboxylic acids is 1. The summed E-state index contributed by atoms with van der Waals surface area (Å²) in [7, 11) is 0. The van der Waals surface area contributed by atoms with E-state index in [9.17, 15) is 9.59 Å². The fraction of sp³-hybridized carbons (Fsp3) is 0.867. The molecular formula is C15H25NO3. The first-order valence-corrected chi connectivity index (χ1v) is 7.69. The summed E-state index contributed by atoms with van der Waals surface area (Å²) in [5.74, 6) is -0.209. The van der Waals surface area contributed by atoms with E-state index in [0.29, 0.717) is 5.92 Å². The van der Waals surface area contributed by atoms with Gasteiger partial charge < -0.3 is 10.4 Å². The summed E-state index contributed by atoms with van der Waals surface area (Å²) in [4.78, 5) is 23.1. The van der Waals surface area contributed by atoms with Crippen LogP contribution in [0.5, 0.6) is 0 Å². The van der Waals surface area contributed by atoms with Crippen molar-refractivity contribution in [2.24, 2.45) is 11.8 Å². The van der Waals surface area contributed by atoms with Gasteiger partial charge in [0.05, 0.1) is 6.42 Å². The Morgan fingerprint density at radius 2 is 1.58 bits per heavy atom. The molecule has 108 valence electrons. The zero-order valence-corrected chi connectivity index (χ0v) is 11.6. The number of rotatable bonds is 5. The van der Waals surface area contributed by atoms with Gasteiger partial charge >= 0.3 is 5.97 Å². The highest BCUT2D eigenvalue weighted by molar-refractivity contribution is 5.79. The van der Waals surface area contributed by atoms with Gasteiger partial charge in [0, 0.05) is 12.0 Å². The van der Waals surface area contributed by atoms with Crippen LogP contribution in [0.4, 0.5) is 0 Å². The second kappa shape index (κ2) is 6.92. The Morgan fingerprint density at radius 1 is 1.00 bits per heavy atom. The van der Waals surface area contributed by atoms with Crippen LogP contribution < -0.4 is 5.32 Å². The fourth-order valence-corrected chi connectivity index (χ4v) is 3.04. The fourth-order valence-electron chi connectivity index (χ4n) is 3.04. The first-order chi connectivity index (χ1) is 9.16. The number of hydrogen-bond acceptors (Lipinski definition) is 2. The molecule has 0 spiro atoms. The third-order valence-electron chi connectivity index (χ3n) is 4.39. The van der Waals surface area contributed by atoms with Gasteiger partial charge in [-0.1, -0.05) is 32.1 Å². The lowest BCUT2D eigenvalue weighted by molar-refractivity contribution is -0.138. The number of hydrogen-bond donors (Lipinski definition) is 2. The average Bonchev–Trinajstić information content (AvgIpc) is 3.10. The Morgan fingerprint density at radius 3 is 2.11 bits per heavy atom. The number of aliphatic carboxylic acids is 1. The van der Waals surface area contributed by atoms with E-state index in [2.05, 4.69) is 5.32 Å². The van der Waals surface area contributed by atoms with Gasteiger partial charge in [-0.05, 0) is 31.6 Å². The summed E-state index contributed by atoms with van der Waals surface area (Å²) in [6.07, 6.45) is 10.1. The van der Waals surface area contributed by atoms with Crippen LogP contribution in [0.3, 0.4) is 0 Å². The molecule has 0 saturated heterocycles. The van der Waals surface area contributed by atoms with Gasteiger partial charge in [0.25, 0.3) is 0 Å². The van der Waals surface area contributed by atoms with Crippen LogP contribution in [0, 0.1) is 11.8 Å². The van der Waals surface area contributed by atoms with Crippen molar-refractivity contribution in [1.29, 1.82) is 0 Å². The maximum absolute atomic E-state index is 12.3. The molecule has 2 aliphatic carbocycles. The molecule has 19 heavy (non-hydrogen) atoms. The predicted octanol–water partition coefficient (Wildman–Crippen LogP) is 2.72. The quantitative estimate of drug-likeness (QED) is 0.805. The van der Waals surface area contributed by atoms with Gasteiger partial charge in [-0.3, -0.25) is 9.59 Å². The topological polar surface area (TPSA) is 66.4 Å². The second-order valence-electron chi connectivity index (χ2n) is 6.09. The molecule has 2 rings (SSSR count). The monoisotopic (exact) mass is 267 g/mol. The summed E-state index contributed by atoms with van der Waals surface area (Å²) in [5, 5.41) is 11.9. The van der Waals surface area contributed by atoms with E-state index in [-0.39, 0.29) is 24.3 Å². The van der Waals surface area contributed by atoms with Gasteiger partial charge in [-0.25, -0.2) is 0 Å². The van der Waals surface area contributed by atoms with Crippen LogP contribution >= 0.6 is 0 Å². The minimum Gasteiger partial charge on any atom is -0.481 e. The second-order valence-corrected chi connectivity index (χ2v) is 6.09. The van der Waals surface area contributed by atoms with Gasteiger partial charge in [0.2, 0.25) is 5.91 Å². The third kappa shape index (κ3) is 4.84.